The van der Waals surface area contributed by atoms with Gasteiger partial charge in [-0.3, -0.25) is 0 Å². The highest BCUT2D eigenvalue weighted by atomic mass is 32.2. The maximum atomic E-state index is 11.0. The summed E-state index contributed by atoms with van der Waals surface area (Å²) in [7, 11) is -1.16. The zero-order valence-electron chi connectivity index (χ0n) is 9.54. The highest BCUT2D eigenvalue weighted by Gasteiger charge is 2.11. The lowest BCUT2D eigenvalue weighted by Crippen LogP contribution is -2.24. The summed E-state index contributed by atoms with van der Waals surface area (Å²) in [4.78, 5) is 5.99. The molecule has 0 aromatic carbocycles. The van der Waals surface area contributed by atoms with Crippen LogP contribution in [-0.4, -0.2) is 44.1 Å². The number of aliphatic hydroxyl groups excluding tert-OH is 1. The first-order valence-electron chi connectivity index (χ1n) is 4.82. The minimum Gasteiger partial charge on any atom is -0.387 e. The number of anilines is 1. The molecule has 0 aliphatic rings. The van der Waals surface area contributed by atoms with Crippen molar-refractivity contribution in [2.45, 2.75) is 13.0 Å². The van der Waals surface area contributed by atoms with Crippen molar-refractivity contribution in [1.82, 2.24) is 4.98 Å². The SMILES string of the molecule is CC(O)c1csc(N(C)CCS(C)(=O)=O)n1. The van der Waals surface area contributed by atoms with E-state index in [-0.39, 0.29) is 5.75 Å². The van der Waals surface area contributed by atoms with Crippen LogP contribution in [0.2, 0.25) is 0 Å². The highest BCUT2D eigenvalue weighted by Crippen LogP contribution is 2.22. The van der Waals surface area contributed by atoms with Gasteiger partial charge in [0.05, 0.1) is 17.6 Å². The number of hydrogen-bond acceptors (Lipinski definition) is 6. The van der Waals surface area contributed by atoms with Gasteiger partial charge in [0.1, 0.15) is 9.84 Å². The Hall–Kier alpha value is -0.660. The van der Waals surface area contributed by atoms with Crippen molar-refractivity contribution in [3.63, 3.8) is 0 Å². The summed E-state index contributed by atoms with van der Waals surface area (Å²) < 4.78 is 22.0. The lowest BCUT2D eigenvalue weighted by molar-refractivity contribution is 0.195. The first-order valence-corrected chi connectivity index (χ1v) is 7.76. The fraction of sp³-hybridized carbons (Fsp3) is 0.667. The normalized spacial score (nSPS) is 13.8. The Morgan fingerprint density at radius 2 is 2.25 bits per heavy atom. The van der Waals surface area contributed by atoms with Crippen molar-refractivity contribution < 1.29 is 13.5 Å². The van der Waals surface area contributed by atoms with E-state index in [9.17, 15) is 13.5 Å². The molecule has 16 heavy (non-hydrogen) atoms. The van der Waals surface area contributed by atoms with Gasteiger partial charge in [0.15, 0.2) is 5.13 Å². The van der Waals surface area contributed by atoms with Gasteiger partial charge in [-0.05, 0) is 6.92 Å². The molecule has 1 aromatic heterocycles. The molecule has 0 spiro atoms. The Kier molecular flexibility index (Phi) is 4.28. The average Bonchev–Trinajstić information content (AvgIpc) is 2.61. The van der Waals surface area contributed by atoms with Crippen LogP contribution in [0.25, 0.3) is 0 Å². The summed E-state index contributed by atoms with van der Waals surface area (Å²) in [5, 5.41) is 11.8. The number of rotatable bonds is 5. The molecule has 0 amide bonds. The van der Waals surface area contributed by atoms with Crippen molar-refractivity contribution in [2.75, 3.05) is 30.5 Å². The molecule has 1 rings (SSSR count). The summed E-state index contributed by atoms with van der Waals surface area (Å²) in [5.74, 6) is 0.104. The lowest BCUT2D eigenvalue weighted by Gasteiger charge is -2.14. The van der Waals surface area contributed by atoms with Crippen LogP contribution in [0.5, 0.6) is 0 Å². The second-order valence-electron chi connectivity index (χ2n) is 3.78. The molecule has 1 N–H and O–H groups in total. The second kappa shape index (κ2) is 5.11. The maximum Gasteiger partial charge on any atom is 0.185 e. The fourth-order valence-electron chi connectivity index (χ4n) is 1.04. The summed E-state index contributed by atoms with van der Waals surface area (Å²) >= 11 is 1.40. The number of nitrogens with zero attached hydrogens (tertiary/aromatic N) is 2. The zero-order chi connectivity index (χ0) is 12.3. The Bertz CT molecular complexity index is 439. The zero-order valence-corrected chi connectivity index (χ0v) is 11.2. The van der Waals surface area contributed by atoms with Gasteiger partial charge >= 0.3 is 0 Å². The first-order chi connectivity index (χ1) is 7.29. The topological polar surface area (TPSA) is 70.5 Å². The second-order valence-corrected chi connectivity index (χ2v) is 6.88. The summed E-state index contributed by atoms with van der Waals surface area (Å²) in [6.45, 7) is 2.06. The summed E-state index contributed by atoms with van der Waals surface area (Å²) in [6.07, 6.45) is 0.623. The summed E-state index contributed by atoms with van der Waals surface area (Å²) in [5.41, 5.74) is 0.617. The number of sulfone groups is 1. The molecule has 0 fully saturated rings. The number of hydrogen-bond donors (Lipinski definition) is 1. The van der Waals surface area contributed by atoms with Crippen LogP contribution < -0.4 is 4.90 Å². The highest BCUT2D eigenvalue weighted by molar-refractivity contribution is 7.90. The average molecular weight is 264 g/mol. The third kappa shape index (κ3) is 4.07. The molecular formula is C9H16N2O3S2. The van der Waals surface area contributed by atoms with Crippen LogP contribution in [0.4, 0.5) is 5.13 Å². The van der Waals surface area contributed by atoms with Crippen molar-refractivity contribution >= 4 is 26.3 Å². The molecule has 1 unspecified atom stereocenters. The lowest BCUT2D eigenvalue weighted by atomic mass is 10.3. The van der Waals surface area contributed by atoms with E-state index in [0.717, 1.165) is 5.13 Å². The van der Waals surface area contributed by atoms with Gasteiger partial charge in [-0.25, -0.2) is 13.4 Å². The minimum absolute atomic E-state index is 0.104. The molecule has 0 saturated carbocycles. The van der Waals surface area contributed by atoms with Crippen LogP contribution in [0.3, 0.4) is 0 Å². The number of aromatic nitrogens is 1. The van der Waals surface area contributed by atoms with Gasteiger partial charge in [0.25, 0.3) is 0 Å². The standard InChI is InChI=1S/C9H16N2O3S2/c1-7(12)8-6-15-9(10-8)11(2)4-5-16(3,13)14/h6-7,12H,4-5H2,1-3H3. The molecule has 0 aliphatic heterocycles. The van der Waals surface area contributed by atoms with Gasteiger partial charge in [-0.2, -0.15) is 0 Å². The van der Waals surface area contributed by atoms with Gasteiger partial charge in [0.2, 0.25) is 0 Å². The monoisotopic (exact) mass is 264 g/mol. The van der Waals surface area contributed by atoms with Crippen LogP contribution >= 0.6 is 11.3 Å². The number of thiazole rings is 1. The van der Waals surface area contributed by atoms with E-state index in [2.05, 4.69) is 4.98 Å². The van der Waals surface area contributed by atoms with Crippen LogP contribution in [0, 0.1) is 0 Å². The van der Waals surface area contributed by atoms with Crippen molar-refractivity contribution in [2.24, 2.45) is 0 Å². The molecule has 0 aliphatic carbocycles. The Labute approximate surface area is 99.7 Å². The van der Waals surface area contributed by atoms with E-state index in [1.807, 2.05) is 0 Å². The van der Waals surface area contributed by atoms with Crippen LogP contribution in [-0.2, 0) is 9.84 Å². The van der Waals surface area contributed by atoms with E-state index in [0.29, 0.717) is 12.2 Å². The van der Waals surface area contributed by atoms with E-state index >= 15 is 0 Å². The maximum absolute atomic E-state index is 11.0. The first kappa shape index (κ1) is 13.4. The van der Waals surface area contributed by atoms with E-state index in [1.165, 1.54) is 17.6 Å². The fourth-order valence-corrected chi connectivity index (χ4v) is 2.55. The smallest absolute Gasteiger partial charge is 0.185 e. The molecule has 7 heteroatoms. The van der Waals surface area contributed by atoms with Crippen molar-refractivity contribution in [3.05, 3.63) is 11.1 Å². The molecular weight excluding hydrogens is 248 g/mol. The van der Waals surface area contributed by atoms with Crippen molar-refractivity contribution in [1.29, 1.82) is 0 Å². The minimum atomic E-state index is -2.95. The van der Waals surface area contributed by atoms with Crippen LogP contribution in [0.1, 0.15) is 18.7 Å². The predicted molar refractivity (Wildman–Crippen MR) is 65.7 cm³/mol. The molecule has 0 radical (unpaired) electrons. The molecule has 1 aromatic rings. The molecule has 1 atom stereocenters. The van der Waals surface area contributed by atoms with E-state index in [4.69, 9.17) is 0 Å². The third-order valence-electron chi connectivity index (χ3n) is 2.06. The molecule has 92 valence electrons. The largest absolute Gasteiger partial charge is 0.387 e. The molecule has 5 nitrogen and oxygen atoms in total. The van der Waals surface area contributed by atoms with Gasteiger partial charge in [-0.1, -0.05) is 0 Å². The third-order valence-corrected chi connectivity index (χ3v) is 3.96. The van der Waals surface area contributed by atoms with Crippen molar-refractivity contribution in [3.8, 4) is 0 Å². The Balaban J connectivity index is 2.63. The van der Waals surface area contributed by atoms with Gasteiger partial charge in [0, 0.05) is 25.2 Å². The summed E-state index contributed by atoms with van der Waals surface area (Å²) in [6, 6.07) is 0. The molecule has 0 bridgehead atoms. The van der Waals surface area contributed by atoms with Gasteiger partial charge < -0.3 is 10.0 Å². The van der Waals surface area contributed by atoms with E-state index in [1.54, 1.807) is 24.3 Å². The Morgan fingerprint density at radius 3 is 2.69 bits per heavy atom. The van der Waals surface area contributed by atoms with Crippen LogP contribution in [0.15, 0.2) is 5.38 Å². The quantitative estimate of drug-likeness (QED) is 0.846. The van der Waals surface area contributed by atoms with E-state index < -0.39 is 15.9 Å². The Morgan fingerprint density at radius 1 is 1.62 bits per heavy atom. The predicted octanol–water partition coefficient (Wildman–Crippen LogP) is 0.677. The molecule has 0 saturated heterocycles. The van der Waals surface area contributed by atoms with Gasteiger partial charge in [-0.15, -0.1) is 11.3 Å². The molecule has 1 heterocycles. The number of aliphatic hydroxyl groups is 1.